The second-order valence-corrected chi connectivity index (χ2v) is 3.71. The van der Waals surface area contributed by atoms with Gasteiger partial charge in [0.25, 0.3) is 0 Å². The first-order chi connectivity index (χ1) is 6.61. The third kappa shape index (κ3) is 1.89. The molecule has 80 valence electrons. The Kier molecular flexibility index (Phi) is 3.49. The zero-order chi connectivity index (χ0) is 10.7. The zero-order valence-corrected chi connectivity index (χ0v) is 8.69. The maximum Gasteiger partial charge on any atom is 0.309 e. The number of carboxylic acids is 1. The predicted octanol–water partition coefficient (Wildman–Crippen LogP) is 1.11. The summed E-state index contributed by atoms with van der Waals surface area (Å²) in [4.78, 5) is 24.1. The molecule has 14 heavy (non-hydrogen) atoms. The molecule has 2 atom stereocenters. The molecule has 1 heterocycles. The van der Waals surface area contributed by atoms with Crippen LogP contribution >= 0.6 is 0 Å². The molecule has 1 rings (SSSR count). The lowest BCUT2D eigenvalue weighted by atomic mass is 9.98. The summed E-state index contributed by atoms with van der Waals surface area (Å²) in [5.41, 5.74) is 0. The number of carbonyl (C=O) groups excluding carboxylic acids is 1. The Morgan fingerprint density at radius 1 is 1.57 bits per heavy atom. The highest BCUT2D eigenvalue weighted by Gasteiger charge is 2.41. The minimum atomic E-state index is -0.844. The molecular weight excluding hydrogens is 182 g/mol. The highest BCUT2D eigenvalue weighted by molar-refractivity contribution is 5.86. The summed E-state index contributed by atoms with van der Waals surface area (Å²) in [6.45, 7) is 4.61. The Morgan fingerprint density at radius 3 is 2.64 bits per heavy atom. The van der Waals surface area contributed by atoms with Gasteiger partial charge >= 0.3 is 5.97 Å². The van der Waals surface area contributed by atoms with Crippen LogP contribution in [0.5, 0.6) is 0 Å². The third-order valence-electron chi connectivity index (χ3n) is 2.78. The third-order valence-corrected chi connectivity index (χ3v) is 2.78. The number of likely N-dealkylation sites (tertiary alicyclic amines) is 1. The van der Waals surface area contributed by atoms with Crippen LogP contribution in [0.2, 0.25) is 0 Å². The number of amides is 1. The summed E-state index contributed by atoms with van der Waals surface area (Å²) in [5, 5.41) is 8.94. The molecule has 0 radical (unpaired) electrons. The lowest BCUT2D eigenvalue weighted by molar-refractivity contribution is -0.142. The van der Waals surface area contributed by atoms with Crippen molar-refractivity contribution in [3.05, 3.63) is 0 Å². The molecule has 0 aliphatic carbocycles. The molecule has 0 aromatic heterocycles. The topological polar surface area (TPSA) is 57.6 Å². The van der Waals surface area contributed by atoms with E-state index in [1.54, 1.807) is 4.90 Å². The first-order valence-electron chi connectivity index (χ1n) is 5.14. The van der Waals surface area contributed by atoms with Crippen LogP contribution in [0.3, 0.4) is 0 Å². The standard InChI is InChI=1S/C10H17NO3/c1-3-5-11-8(4-2)7(10(13)14)6-9(11)12/h7-8H,3-6H2,1-2H3,(H,13,14)/t7-,8-/m0/s1. The maximum atomic E-state index is 11.5. The molecule has 0 spiro atoms. The van der Waals surface area contributed by atoms with Gasteiger partial charge in [0.05, 0.1) is 5.92 Å². The molecule has 0 aromatic carbocycles. The van der Waals surface area contributed by atoms with Crippen LogP contribution in [0, 0.1) is 5.92 Å². The quantitative estimate of drug-likeness (QED) is 0.737. The van der Waals surface area contributed by atoms with E-state index < -0.39 is 11.9 Å². The summed E-state index contributed by atoms with van der Waals surface area (Å²) >= 11 is 0. The van der Waals surface area contributed by atoms with Gasteiger partial charge in [-0.2, -0.15) is 0 Å². The molecule has 0 aromatic rings. The molecule has 0 bridgehead atoms. The Bertz CT molecular complexity index is 240. The highest BCUT2D eigenvalue weighted by Crippen LogP contribution is 2.28. The molecule has 0 saturated carbocycles. The summed E-state index contributed by atoms with van der Waals surface area (Å²) in [6.07, 6.45) is 1.78. The minimum absolute atomic E-state index is 0.00824. The first kappa shape index (κ1) is 11.0. The maximum absolute atomic E-state index is 11.5. The number of carbonyl (C=O) groups is 2. The molecular formula is C10H17NO3. The fraction of sp³-hybridized carbons (Fsp3) is 0.800. The van der Waals surface area contributed by atoms with Gasteiger partial charge in [-0.15, -0.1) is 0 Å². The lowest BCUT2D eigenvalue weighted by Gasteiger charge is -2.25. The number of rotatable bonds is 4. The zero-order valence-electron chi connectivity index (χ0n) is 8.69. The second kappa shape index (κ2) is 4.44. The van der Waals surface area contributed by atoms with E-state index in [0.29, 0.717) is 6.54 Å². The first-order valence-corrected chi connectivity index (χ1v) is 5.14. The van der Waals surface area contributed by atoms with Gasteiger partial charge in [-0.3, -0.25) is 9.59 Å². The van der Waals surface area contributed by atoms with Gasteiger partial charge < -0.3 is 10.0 Å². The monoisotopic (exact) mass is 199 g/mol. The van der Waals surface area contributed by atoms with Crippen molar-refractivity contribution in [3.8, 4) is 0 Å². The Hall–Kier alpha value is -1.06. The summed E-state index contributed by atoms with van der Waals surface area (Å²) in [6, 6.07) is -0.0973. The van der Waals surface area contributed by atoms with E-state index in [1.165, 1.54) is 0 Å². The summed E-state index contributed by atoms with van der Waals surface area (Å²) < 4.78 is 0. The summed E-state index contributed by atoms with van der Waals surface area (Å²) in [7, 11) is 0. The van der Waals surface area contributed by atoms with Gasteiger partial charge in [-0.25, -0.2) is 0 Å². The van der Waals surface area contributed by atoms with E-state index in [-0.39, 0.29) is 18.4 Å². The molecule has 4 nitrogen and oxygen atoms in total. The van der Waals surface area contributed by atoms with Gasteiger partial charge in [-0.05, 0) is 12.8 Å². The number of hydrogen-bond acceptors (Lipinski definition) is 2. The molecule has 1 aliphatic rings. The molecule has 4 heteroatoms. The SMILES string of the molecule is CCCN1C(=O)C[C@H](C(=O)O)[C@@H]1CC. The fourth-order valence-electron chi connectivity index (χ4n) is 2.13. The van der Waals surface area contributed by atoms with Crippen molar-refractivity contribution < 1.29 is 14.7 Å². The van der Waals surface area contributed by atoms with Gasteiger partial charge in [0.2, 0.25) is 5.91 Å². The molecule has 1 aliphatic heterocycles. The number of carboxylic acid groups (broad SMARTS) is 1. The normalized spacial score (nSPS) is 27.0. The highest BCUT2D eigenvalue weighted by atomic mass is 16.4. The van der Waals surface area contributed by atoms with Gasteiger partial charge in [0.15, 0.2) is 0 Å². The predicted molar refractivity (Wildman–Crippen MR) is 51.8 cm³/mol. The molecule has 1 N–H and O–H groups in total. The van der Waals surface area contributed by atoms with Crippen molar-refractivity contribution in [2.45, 2.75) is 39.2 Å². The Labute approximate surface area is 83.9 Å². The van der Waals surface area contributed by atoms with Crippen molar-refractivity contribution in [2.75, 3.05) is 6.54 Å². The second-order valence-electron chi connectivity index (χ2n) is 3.71. The van der Waals surface area contributed by atoms with Crippen LogP contribution in [0.4, 0.5) is 0 Å². The van der Waals surface area contributed by atoms with Crippen LogP contribution in [-0.2, 0) is 9.59 Å². The average molecular weight is 199 g/mol. The van der Waals surface area contributed by atoms with E-state index >= 15 is 0 Å². The van der Waals surface area contributed by atoms with Crippen molar-refractivity contribution >= 4 is 11.9 Å². The van der Waals surface area contributed by atoms with E-state index in [0.717, 1.165) is 12.8 Å². The molecule has 1 saturated heterocycles. The van der Waals surface area contributed by atoms with Gasteiger partial charge in [-0.1, -0.05) is 13.8 Å². The average Bonchev–Trinajstić information content (AvgIpc) is 2.44. The molecule has 1 amide bonds. The Balaban J connectivity index is 2.77. The van der Waals surface area contributed by atoms with E-state index in [4.69, 9.17) is 5.11 Å². The lowest BCUT2D eigenvalue weighted by Crippen LogP contribution is -2.37. The number of nitrogens with zero attached hydrogens (tertiary/aromatic N) is 1. The van der Waals surface area contributed by atoms with Crippen LogP contribution in [0.15, 0.2) is 0 Å². The van der Waals surface area contributed by atoms with E-state index in [1.807, 2.05) is 13.8 Å². The van der Waals surface area contributed by atoms with Crippen LogP contribution in [-0.4, -0.2) is 34.5 Å². The number of hydrogen-bond donors (Lipinski definition) is 1. The van der Waals surface area contributed by atoms with Crippen molar-refractivity contribution in [2.24, 2.45) is 5.92 Å². The van der Waals surface area contributed by atoms with E-state index in [2.05, 4.69) is 0 Å². The summed E-state index contributed by atoms with van der Waals surface area (Å²) in [5.74, 6) is -1.35. The fourth-order valence-corrected chi connectivity index (χ4v) is 2.13. The van der Waals surface area contributed by atoms with Gasteiger partial charge in [0, 0.05) is 19.0 Å². The van der Waals surface area contributed by atoms with Crippen LogP contribution in [0.1, 0.15) is 33.1 Å². The van der Waals surface area contributed by atoms with Gasteiger partial charge in [0.1, 0.15) is 0 Å². The largest absolute Gasteiger partial charge is 0.481 e. The van der Waals surface area contributed by atoms with E-state index in [9.17, 15) is 9.59 Å². The van der Waals surface area contributed by atoms with Crippen LogP contribution < -0.4 is 0 Å². The van der Waals surface area contributed by atoms with Crippen molar-refractivity contribution in [3.63, 3.8) is 0 Å². The minimum Gasteiger partial charge on any atom is -0.481 e. The number of aliphatic carboxylic acids is 1. The van der Waals surface area contributed by atoms with Crippen molar-refractivity contribution in [1.29, 1.82) is 0 Å². The smallest absolute Gasteiger partial charge is 0.309 e. The Morgan fingerprint density at radius 2 is 2.21 bits per heavy atom. The van der Waals surface area contributed by atoms with Crippen molar-refractivity contribution in [1.82, 2.24) is 4.90 Å². The molecule has 1 fully saturated rings. The molecule has 0 unspecified atom stereocenters. The van der Waals surface area contributed by atoms with Crippen LogP contribution in [0.25, 0.3) is 0 Å².